The van der Waals surface area contributed by atoms with Crippen LogP contribution in [-0.2, 0) is 5.41 Å². The molecule has 0 saturated carbocycles. The molecule has 0 amide bonds. The zero-order valence-corrected chi connectivity index (χ0v) is 13.0. The number of hydrogen-bond acceptors (Lipinski definition) is 0. The summed E-state index contributed by atoms with van der Waals surface area (Å²) in [5.74, 6) is 0. The molecular formula is C18H28. The molecule has 18 heavy (non-hydrogen) atoms. The summed E-state index contributed by atoms with van der Waals surface area (Å²) in [6.07, 6.45) is 0. The van der Waals surface area contributed by atoms with Crippen molar-refractivity contribution in [2.75, 3.05) is 0 Å². The standard InChI is InChI=1S/C14H16.2C2H6/c1-14(2,3)13-9-8-11-6-4-5-7-12(11)10-13;2*1-2/h4-10H,1-3H3;2*1-2H3. The summed E-state index contributed by atoms with van der Waals surface area (Å²) < 4.78 is 0. The van der Waals surface area contributed by atoms with Crippen molar-refractivity contribution in [2.24, 2.45) is 0 Å². The molecule has 0 aliphatic heterocycles. The van der Waals surface area contributed by atoms with Gasteiger partial charge < -0.3 is 0 Å². The van der Waals surface area contributed by atoms with Gasteiger partial charge in [-0.2, -0.15) is 0 Å². The maximum Gasteiger partial charge on any atom is -0.0132 e. The third kappa shape index (κ3) is 4.52. The minimum Gasteiger partial charge on any atom is -0.0683 e. The lowest BCUT2D eigenvalue weighted by atomic mass is 9.86. The molecule has 0 heteroatoms. The van der Waals surface area contributed by atoms with E-state index in [1.807, 2.05) is 27.7 Å². The molecule has 2 aromatic carbocycles. The smallest absolute Gasteiger partial charge is 0.0132 e. The molecule has 0 unspecified atom stereocenters. The average molecular weight is 244 g/mol. The fraction of sp³-hybridized carbons (Fsp3) is 0.444. The first-order valence-corrected chi connectivity index (χ1v) is 7.07. The average Bonchev–Trinajstić information content (AvgIpc) is 2.42. The lowest BCUT2D eigenvalue weighted by molar-refractivity contribution is 0.591. The Morgan fingerprint density at radius 2 is 1.17 bits per heavy atom. The largest absolute Gasteiger partial charge is 0.0683 e. The summed E-state index contributed by atoms with van der Waals surface area (Å²) in [7, 11) is 0. The van der Waals surface area contributed by atoms with Gasteiger partial charge in [-0.15, -0.1) is 0 Å². The van der Waals surface area contributed by atoms with Gasteiger partial charge in [-0.3, -0.25) is 0 Å². The molecule has 0 atom stereocenters. The lowest BCUT2D eigenvalue weighted by Gasteiger charge is -2.19. The van der Waals surface area contributed by atoms with E-state index in [0.29, 0.717) is 0 Å². The predicted octanol–water partition coefficient (Wildman–Crippen LogP) is 6.19. The van der Waals surface area contributed by atoms with E-state index in [1.165, 1.54) is 16.3 Å². The maximum absolute atomic E-state index is 2.29. The molecule has 0 radical (unpaired) electrons. The zero-order valence-electron chi connectivity index (χ0n) is 13.0. The van der Waals surface area contributed by atoms with Gasteiger partial charge in [0, 0.05) is 0 Å². The van der Waals surface area contributed by atoms with Crippen molar-refractivity contribution >= 4 is 10.8 Å². The Kier molecular flexibility index (Phi) is 7.35. The van der Waals surface area contributed by atoms with Crippen LogP contribution in [0.1, 0.15) is 54.0 Å². The fourth-order valence-corrected chi connectivity index (χ4v) is 1.66. The maximum atomic E-state index is 2.29. The molecule has 0 heterocycles. The van der Waals surface area contributed by atoms with Gasteiger partial charge in [0.15, 0.2) is 0 Å². The van der Waals surface area contributed by atoms with E-state index in [9.17, 15) is 0 Å². The van der Waals surface area contributed by atoms with Crippen LogP contribution in [-0.4, -0.2) is 0 Å². The second-order valence-corrected chi connectivity index (χ2v) is 4.81. The van der Waals surface area contributed by atoms with E-state index in [2.05, 4.69) is 63.2 Å². The summed E-state index contributed by atoms with van der Waals surface area (Å²) >= 11 is 0. The van der Waals surface area contributed by atoms with Gasteiger partial charge in [-0.05, 0) is 21.8 Å². The second kappa shape index (κ2) is 7.92. The molecule has 0 aliphatic rings. The van der Waals surface area contributed by atoms with E-state index in [-0.39, 0.29) is 5.41 Å². The van der Waals surface area contributed by atoms with Crippen molar-refractivity contribution in [1.82, 2.24) is 0 Å². The fourth-order valence-electron chi connectivity index (χ4n) is 1.66. The normalized spacial score (nSPS) is 9.94. The van der Waals surface area contributed by atoms with Gasteiger partial charge in [0.25, 0.3) is 0 Å². The molecule has 100 valence electrons. The van der Waals surface area contributed by atoms with Gasteiger partial charge in [-0.25, -0.2) is 0 Å². The summed E-state index contributed by atoms with van der Waals surface area (Å²) in [5.41, 5.74) is 1.64. The highest BCUT2D eigenvalue weighted by atomic mass is 14.2. The minimum absolute atomic E-state index is 0.240. The summed E-state index contributed by atoms with van der Waals surface area (Å²) in [6, 6.07) is 15.2. The number of benzene rings is 2. The molecule has 0 aromatic heterocycles. The summed E-state index contributed by atoms with van der Waals surface area (Å²) in [4.78, 5) is 0. The van der Waals surface area contributed by atoms with Gasteiger partial charge >= 0.3 is 0 Å². The first-order valence-electron chi connectivity index (χ1n) is 7.07. The van der Waals surface area contributed by atoms with Crippen LogP contribution in [0.2, 0.25) is 0 Å². The SMILES string of the molecule is CC.CC.CC(C)(C)c1ccc2ccccc2c1. The Balaban J connectivity index is 0.000000659. The number of hydrogen-bond donors (Lipinski definition) is 0. The van der Waals surface area contributed by atoms with Crippen LogP contribution < -0.4 is 0 Å². The van der Waals surface area contributed by atoms with Gasteiger partial charge in [-0.1, -0.05) is 90.9 Å². The number of rotatable bonds is 0. The monoisotopic (exact) mass is 244 g/mol. The molecule has 0 saturated heterocycles. The van der Waals surface area contributed by atoms with Crippen LogP contribution in [0.4, 0.5) is 0 Å². The van der Waals surface area contributed by atoms with E-state index in [4.69, 9.17) is 0 Å². The quantitative estimate of drug-likeness (QED) is 0.518. The Labute approximate surface area is 113 Å². The van der Waals surface area contributed by atoms with Crippen LogP contribution in [0.25, 0.3) is 10.8 Å². The molecule has 0 nitrogen and oxygen atoms in total. The Morgan fingerprint density at radius 3 is 1.67 bits per heavy atom. The van der Waals surface area contributed by atoms with Crippen molar-refractivity contribution in [2.45, 2.75) is 53.9 Å². The third-order valence-corrected chi connectivity index (χ3v) is 2.62. The Bertz CT molecular complexity index is 447. The highest BCUT2D eigenvalue weighted by molar-refractivity contribution is 5.83. The molecule has 0 fully saturated rings. The van der Waals surface area contributed by atoms with Gasteiger partial charge in [0.05, 0.1) is 0 Å². The second-order valence-electron chi connectivity index (χ2n) is 4.81. The summed E-state index contributed by atoms with van der Waals surface area (Å²) in [6.45, 7) is 14.7. The van der Waals surface area contributed by atoms with Crippen molar-refractivity contribution in [1.29, 1.82) is 0 Å². The van der Waals surface area contributed by atoms with Crippen molar-refractivity contribution < 1.29 is 0 Å². The van der Waals surface area contributed by atoms with Crippen LogP contribution in [0.5, 0.6) is 0 Å². The molecule has 0 aliphatic carbocycles. The van der Waals surface area contributed by atoms with E-state index in [1.54, 1.807) is 0 Å². The molecule has 0 N–H and O–H groups in total. The first-order chi connectivity index (χ1) is 8.57. The van der Waals surface area contributed by atoms with Crippen molar-refractivity contribution in [3.63, 3.8) is 0 Å². The predicted molar refractivity (Wildman–Crippen MR) is 85.3 cm³/mol. The Morgan fingerprint density at radius 1 is 0.667 bits per heavy atom. The van der Waals surface area contributed by atoms with Crippen molar-refractivity contribution in [3.05, 3.63) is 48.0 Å². The van der Waals surface area contributed by atoms with Crippen molar-refractivity contribution in [3.8, 4) is 0 Å². The first kappa shape index (κ1) is 16.7. The topological polar surface area (TPSA) is 0 Å². The molecule has 2 aromatic rings. The molecule has 0 spiro atoms. The third-order valence-electron chi connectivity index (χ3n) is 2.62. The van der Waals surface area contributed by atoms with Gasteiger partial charge in [0.2, 0.25) is 0 Å². The van der Waals surface area contributed by atoms with Crippen LogP contribution in [0.15, 0.2) is 42.5 Å². The van der Waals surface area contributed by atoms with Gasteiger partial charge in [0.1, 0.15) is 0 Å². The van der Waals surface area contributed by atoms with E-state index in [0.717, 1.165) is 0 Å². The summed E-state index contributed by atoms with van der Waals surface area (Å²) in [5, 5.41) is 2.65. The van der Waals surface area contributed by atoms with Crippen LogP contribution in [0, 0.1) is 0 Å². The molecular weight excluding hydrogens is 216 g/mol. The van der Waals surface area contributed by atoms with E-state index < -0.39 is 0 Å². The van der Waals surface area contributed by atoms with Crippen LogP contribution in [0.3, 0.4) is 0 Å². The zero-order chi connectivity index (χ0) is 14.2. The highest BCUT2D eigenvalue weighted by Crippen LogP contribution is 2.25. The number of fused-ring (bicyclic) bond motifs is 1. The van der Waals surface area contributed by atoms with E-state index >= 15 is 0 Å². The molecule has 2 rings (SSSR count). The highest BCUT2D eigenvalue weighted by Gasteiger charge is 2.13. The Hall–Kier alpha value is -1.30. The minimum atomic E-state index is 0.240. The van der Waals surface area contributed by atoms with Crippen LogP contribution >= 0.6 is 0 Å². The molecule has 0 bridgehead atoms. The lowest BCUT2D eigenvalue weighted by Crippen LogP contribution is -2.10.